The molecule has 17 heteroatoms. The lowest BCUT2D eigenvalue weighted by Gasteiger charge is -2.34. The molecule has 49 heavy (non-hydrogen) atoms. The van der Waals surface area contributed by atoms with E-state index in [2.05, 4.69) is 35.0 Å². The van der Waals surface area contributed by atoms with Crippen molar-refractivity contribution in [1.82, 2.24) is 35.0 Å². The Hall–Kier alpha value is -4.57. The molecule has 3 unspecified atom stereocenters. The highest BCUT2D eigenvalue weighted by Crippen LogP contribution is 2.47. The third-order valence-electron chi connectivity index (χ3n) is 9.28. The van der Waals surface area contributed by atoms with E-state index in [1.807, 2.05) is 6.92 Å². The summed E-state index contributed by atoms with van der Waals surface area (Å²) in [5.74, 6) is -1.47. The van der Waals surface area contributed by atoms with E-state index < -0.39 is 47.6 Å². The lowest BCUT2D eigenvalue weighted by molar-refractivity contribution is 0.139. The number of nitrogens with two attached hydrogens (primary N) is 1. The van der Waals surface area contributed by atoms with Gasteiger partial charge < -0.3 is 20.1 Å². The number of nitrogen functional groups attached to an aromatic ring is 1. The number of hydrogen-bond acceptors (Lipinski definition) is 10. The van der Waals surface area contributed by atoms with Crippen molar-refractivity contribution in [3.05, 3.63) is 52.3 Å². The zero-order chi connectivity index (χ0) is 34.7. The van der Waals surface area contributed by atoms with Gasteiger partial charge in [0.1, 0.15) is 46.8 Å². The van der Waals surface area contributed by atoms with Crippen LogP contribution in [0.2, 0.25) is 5.02 Å². The molecule has 1 aromatic carbocycles. The molecule has 0 aliphatic carbocycles. The van der Waals surface area contributed by atoms with Gasteiger partial charge in [-0.15, -0.1) is 0 Å². The Morgan fingerprint density at radius 3 is 2.61 bits per heavy atom. The van der Waals surface area contributed by atoms with Gasteiger partial charge in [-0.3, -0.25) is 10.00 Å². The number of ether oxygens (including phenoxy) is 2. The van der Waals surface area contributed by atoms with Crippen LogP contribution in [0.3, 0.4) is 0 Å². The highest BCUT2D eigenvalue weighted by Gasteiger charge is 2.38. The van der Waals surface area contributed by atoms with Gasteiger partial charge >= 0.3 is 6.01 Å². The molecule has 3 aliphatic rings. The smallest absolute Gasteiger partial charge is 0.318 e. The minimum Gasteiger partial charge on any atom is -0.475 e. The van der Waals surface area contributed by atoms with E-state index in [0.717, 1.165) is 19.2 Å². The SMILES string of the molecule is COc1nc2c3c(nc(-c4c(C(F)F)c(Cl)cc5[nH]ncc45)c(F)c3n1)OC[C@H](C)N2C(C)c1cc(F)cnc1N.FC1CC2CCN2C1. The summed E-state index contributed by atoms with van der Waals surface area (Å²) in [4.78, 5) is 21.0. The van der Waals surface area contributed by atoms with Crippen LogP contribution in [0.1, 0.15) is 50.3 Å². The predicted octanol–water partition coefficient (Wildman–Crippen LogP) is 6.57. The van der Waals surface area contributed by atoms with Crippen LogP contribution in [0.5, 0.6) is 11.9 Å². The molecule has 4 aromatic heterocycles. The highest BCUT2D eigenvalue weighted by molar-refractivity contribution is 6.33. The normalized spacial score (nSPS) is 20.8. The van der Waals surface area contributed by atoms with Crippen LogP contribution in [-0.2, 0) is 0 Å². The third kappa shape index (κ3) is 5.69. The van der Waals surface area contributed by atoms with Gasteiger partial charge in [0, 0.05) is 41.2 Å². The van der Waals surface area contributed by atoms with Gasteiger partial charge in [-0.05, 0) is 38.8 Å². The summed E-state index contributed by atoms with van der Waals surface area (Å²) in [6, 6.07) is 1.89. The topological polar surface area (TPSA) is 131 Å². The second-order valence-corrected chi connectivity index (χ2v) is 12.7. The maximum Gasteiger partial charge on any atom is 0.318 e. The van der Waals surface area contributed by atoms with Crippen molar-refractivity contribution < 1.29 is 31.4 Å². The molecule has 2 fully saturated rings. The number of hydrogen-bond donors (Lipinski definition) is 2. The molecular weight excluding hydrogens is 673 g/mol. The molecule has 4 atom stereocenters. The Morgan fingerprint density at radius 1 is 1.16 bits per heavy atom. The standard InChI is InChI=1S/C26H21ClF4N8O2.C6H10FN/c1-9-8-41-25-18-21(19(29)20(35-25)16-13-7-34-38-15(13)5-14(27)17(16)22(30)31)36-26(40-3)37-24(18)39(9)10(2)12-4-11(28)6-33-23(12)32;7-5-3-6-1-2-8(6)4-5/h4-7,9-10,22H,8H2,1-3H3,(H2,32,33)(H,34,38);5-6H,1-4H2/t9-,10?;/m0./s1. The number of aromatic nitrogens is 6. The van der Waals surface area contributed by atoms with Gasteiger partial charge in [0.2, 0.25) is 5.88 Å². The maximum absolute atomic E-state index is 16.5. The molecule has 0 radical (unpaired) electrons. The Labute approximate surface area is 281 Å². The quantitative estimate of drug-likeness (QED) is 0.194. The number of alkyl halides is 3. The number of methoxy groups -OCH3 is 1. The van der Waals surface area contributed by atoms with Crippen LogP contribution < -0.4 is 20.1 Å². The first-order chi connectivity index (χ1) is 23.5. The van der Waals surface area contributed by atoms with Crippen molar-refractivity contribution >= 4 is 45.0 Å². The fourth-order valence-electron chi connectivity index (χ4n) is 6.82. The number of fused-ring (bicyclic) bond motifs is 2. The number of aromatic amines is 1. The Kier molecular flexibility index (Phi) is 8.55. The zero-order valence-electron chi connectivity index (χ0n) is 26.5. The van der Waals surface area contributed by atoms with Crippen molar-refractivity contribution in [2.75, 3.05) is 37.4 Å². The van der Waals surface area contributed by atoms with Crippen molar-refractivity contribution in [3.8, 4) is 23.1 Å². The summed E-state index contributed by atoms with van der Waals surface area (Å²) < 4.78 is 83.0. The summed E-state index contributed by atoms with van der Waals surface area (Å²) in [6.07, 6.45) is 0.753. The van der Waals surface area contributed by atoms with E-state index in [9.17, 15) is 17.6 Å². The molecule has 5 aromatic rings. The monoisotopic (exact) mass is 703 g/mol. The first-order valence-electron chi connectivity index (χ1n) is 15.6. The maximum atomic E-state index is 16.5. The lowest BCUT2D eigenvalue weighted by atomic mass is 9.98. The number of rotatable bonds is 5. The lowest BCUT2D eigenvalue weighted by Crippen LogP contribution is -2.42. The minimum absolute atomic E-state index is 0.0111. The molecule has 0 amide bonds. The van der Waals surface area contributed by atoms with Crippen molar-refractivity contribution in [2.45, 2.75) is 57.4 Å². The molecule has 2 saturated heterocycles. The van der Waals surface area contributed by atoms with Crippen molar-refractivity contribution in [2.24, 2.45) is 0 Å². The van der Waals surface area contributed by atoms with E-state index in [1.165, 1.54) is 31.9 Å². The van der Waals surface area contributed by atoms with Crippen LogP contribution in [-0.4, -0.2) is 80.1 Å². The van der Waals surface area contributed by atoms with Crippen LogP contribution in [0, 0.1) is 11.6 Å². The molecule has 3 N–H and O–H groups in total. The number of anilines is 2. The summed E-state index contributed by atoms with van der Waals surface area (Å²) in [5.41, 5.74) is 5.12. The molecule has 7 heterocycles. The first kappa shape index (κ1) is 33.0. The summed E-state index contributed by atoms with van der Waals surface area (Å²) in [5, 5.41) is 6.52. The largest absolute Gasteiger partial charge is 0.475 e. The second kappa shape index (κ2) is 12.7. The van der Waals surface area contributed by atoms with E-state index in [4.69, 9.17) is 26.8 Å². The molecular formula is C32H31ClF5N9O2. The van der Waals surface area contributed by atoms with E-state index in [1.54, 1.807) is 11.8 Å². The second-order valence-electron chi connectivity index (χ2n) is 12.3. The van der Waals surface area contributed by atoms with E-state index in [0.29, 0.717) is 23.7 Å². The summed E-state index contributed by atoms with van der Waals surface area (Å²) in [7, 11) is 1.30. The van der Waals surface area contributed by atoms with Crippen molar-refractivity contribution in [3.63, 3.8) is 0 Å². The minimum atomic E-state index is -3.06. The van der Waals surface area contributed by atoms with Gasteiger partial charge in [-0.1, -0.05) is 11.6 Å². The third-order valence-corrected chi connectivity index (χ3v) is 9.59. The molecule has 0 bridgehead atoms. The predicted molar refractivity (Wildman–Crippen MR) is 173 cm³/mol. The number of H-pyrrole nitrogens is 1. The number of pyridine rings is 2. The zero-order valence-corrected chi connectivity index (χ0v) is 27.3. The fraction of sp³-hybridized carbons (Fsp3) is 0.406. The van der Waals surface area contributed by atoms with E-state index in [-0.39, 0.29) is 57.0 Å². The average Bonchev–Trinajstić information content (AvgIpc) is 3.59. The molecule has 11 nitrogen and oxygen atoms in total. The number of nitrogens with one attached hydrogen (secondary N) is 1. The summed E-state index contributed by atoms with van der Waals surface area (Å²) >= 11 is 6.22. The van der Waals surface area contributed by atoms with Gasteiger partial charge in [0.15, 0.2) is 5.82 Å². The van der Waals surface area contributed by atoms with E-state index >= 15 is 4.39 Å². The first-order valence-corrected chi connectivity index (χ1v) is 15.9. The van der Waals surface area contributed by atoms with Gasteiger partial charge in [-0.25, -0.2) is 31.9 Å². The summed E-state index contributed by atoms with van der Waals surface area (Å²) in [6.45, 7) is 5.43. The number of nitrogens with zero attached hydrogens (tertiary/aromatic N) is 7. The van der Waals surface area contributed by atoms with Crippen LogP contribution in [0.15, 0.2) is 24.5 Å². The number of halogens is 6. The molecule has 8 rings (SSSR count). The Morgan fingerprint density at radius 2 is 1.96 bits per heavy atom. The Bertz CT molecular complexity index is 2060. The molecule has 0 spiro atoms. The molecule has 3 aliphatic heterocycles. The number of benzene rings is 1. The molecule has 0 saturated carbocycles. The van der Waals surface area contributed by atoms with Gasteiger partial charge in [-0.2, -0.15) is 15.1 Å². The van der Waals surface area contributed by atoms with Crippen molar-refractivity contribution in [1.29, 1.82) is 0 Å². The highest BCUT2D eigenvalue weighted by atomic mass is 35.5. The van der Waals surface area contributed by atoms with Gasteiger partial charge in [0.05, 0.1) is 42.1 Å². The van der Waals surface area contributed by atoms with Crippen LogP contribution in [0.25, 0.3) is 33.1 Å². The van der Waals surface area contributed by atoms with Crippen LogP contribution in [0.4, 0.5) is 33.6 Å². The fourth-order valence-corrected chi connectivity index (χ4v) is 7.11. The Balaban J connectivity index is 0.000000410. The van der Waals surface area contributed by atoms with Gasteiger partial charge in [0.25, 0.3) is 6.43 Å². The van der Waals surface area contributed by atoms with Crippen LogP contribution >= 0.6 is 11.6 Å². The molecule has 258 valence electrons. The average molecular weight is 704 g/mol.